The topological polar surface area (TPSA) is 27.1 Å². The molecule has 0 aliphatic carbocycles. The molecule has 2 aromatic rings. The van der Waals surface area contributed by atoms with Gasteiger partial charge >= 0.3 is 0 Å². The Balaban J connectivity index is 1.95. The fraction of sp³-hybridized carbons (Fsp3) is 0.182. The number of rotatable bonds is 4. The second kappa shape index (κ2) is 6.13. The molecule has 0 spiro atoms. The lowest BCUT2D eigenvalue weighted by Crippen LogP contribution is -2.03. The molecule has 0 N–H and O–H groups in total. The number of hydrogen-bond donors (Lipinski definition) is 0. The molecule has 0 saturated heterocycles. The fourth-order valence-electron chi connectivity index (χ4n) is 1.32. The average Bonchev–Trinajstić information content (AvgIpc) is 2.57. The molecule has 6 heteroatoms. The van der Waals surface area contributed by atoms with Crippen LogP contribution in [0.25, 0.3) is 0 Å². The van der Waals surface area contributed by atoms with Crippen LogP contribution in [0.2, 0.25) is 0 Å². The van der Waals surface area contributed by atoms with Gasteiger partial charge in [0.05, 0.1) is 6.61 Å². The zero-order valence-corrected chi connectivity index (χ0v) is 13.5. The normalized spacial score (nSPS) is 10.8. The van der Waals surface area contributed by atoms with Gasteiger partial charge < -0.3 is 4.74 Å². The van der Waals surface area contributed by atoms with Crippen LogP contribution in [0.5, 0.6) is 0 Å². The van der Waals surface area contributed by atoms with Gasteiger partial charge in [-0.3, -0.25) is 4.57 Å². The van der Waals surface area contributed by atoms with Crippen molar-refractivity contribution in [3.05, 3.63) is 49.8 Å². The second-order valence-corrected chi connectivity index (χ2v) is 5.57. The molecule has 3 nitrogen and oxygen atoms in total. The molecule has 0 fully saturated rings. The molecule has 1 aromatic heterocycles. The summed E-state index contributed by atoms with van der Waals surface area (Å²) in [5.41, 5.74) is 1.15. The summed E-state index contributed by atoms with van der Waals surface area (Å²) in [6, 6.07) is 10.1. The quantitative estimate of drug-likeness (QED) is 0.729. The zero-order chi connectivity index (χ0) is 12.3. The highest BCUT2D eigenvalue weighted by atomic mass is 79.9. The van der Waals surface area contributed by atoms with Gasteiger partial charge in [-0.2, -0.15) is 0 Å². The molecule has 0 unspecified atom stereocenters. The van der Waals surface area contributed by atoms with Crippen molar-refractivity contribution in [1.29, 1.82) is 0 Å². The largest absolute Gasteiger partial charge is 0.356 e. The first-order chi connectivity index (χ1) is 8.18. The monoisotopic (exact) mass is 422 g/mol. The Kier molecular flexibility index (Phi) is 4.78. The number of benzene rings is 1. The lowest BCUT2D eigenvalue weighted by atomic mass is 10.2. The van der Waals surface area contributed by atoms with Gasteiger partial charge in [-0.25, -0.2) is 4.98 Å². The van der Waals surface area contributed by atoms with Crippen molar-refractivity contribution in [2.24, 2.45) is 0 Å². The molecule has 1 heterocycles. The first kappa shape index (κ1) is 13.3. The maximum absolute atomic E-state index is 5.62. The number of hydrogen-bond acceptors (Lipinski definition) is 2. The number of imidazole rings is 1. The molecule has 0 atom stereocenters. The third kappa shape index (κ3) is 3.40. The van der Waals surface area contributed by atoms with E-state index in [1.54, 1.807) is 0 Å². The molecule has 0 radical (unpaired) electrons. The van der Waals surface area contributed by atoms with Gasteiger partial charge in [0, 0.05) is 0 Å². The van der Waals surface area contributed by atoms with Crippen molar-refractivity contribution in [3.63, 3.8) is 0 Å². The fourth-order valence-corrected chi connectivity index (χ4v) is 2.99. The highest BCUT2D eigenvalue weighted by Gasteiger charge is 2.10. The molecule has 0 bridgehead atoms. The smallest absolute Gasteiger partial charge is 0.181 e. The third-order valence-corrected chi connectivity index (χ3v) is 4.65. The van der Waals surface area contributed by atoms with Crippen LogP contribution in [0, 0.1) is 0 Å². The van der Waals surface area contributed by atoms with Gasteiger partial charge in [-0.15, -0.1) is 0 Å². The Labute approximate surface area is 125 Å². The highest BCUT2D eigenvalue weighted by molar-refractivity contribution is 9.13. The van der Waals surface area contributed by atoms with Crippen molar-refractivity contribution in [3.8, 4) is 0 Å². The Bertz CT molecular complexity index is 499. The van der Waals surface area contributed by atoms with Crippen LogP contribution in [0.3, 0.4) is 0 Å². The number of ether oxygens (including phenoxy) is 1. The van der Waals surface area contributed by atoms with E-state index in [4.69, 9.17) is 4.74 Å². The Hall–Kier alpha value is -0.170. The maximum Gasteiger partial charge on any atom is 0.181 e. The van der Waals surface area contributed by atoms with Gasteiger partial charge in [0.25, 0.3) is 0 Å². The molecule has 17 heavy (non-hydrogen) atoms. The first-order valence-corrected chi connectivity index (χ1v) is 7.25. The molecule has 2 rings (SSSR count). The first-order valence-electron chi connectivity index (χ1n) is 4.87. The zero-order valence-electron chi connectivity index (χ0n) is 8.74. The minimum atomic E-state index is 0.439. The van der Waals surface area contributed by atoms with Gasteiger partial charge in [0.15, 0.2) is 4.73 Å². The molecule has 0 saturated carbocycles. The maximum atomic E-state index is 5.62. The molecular weight excluding hydrogens is 416 g/mol. The van der Waals surface area contributed by atoms with Gasteiger partial charge in [-0.05, 0) is 53.4 Å². The van der Waals surface area contributed by atoms with Crippen LogP contribution in [0.1, 0.15) is 5.56 Å². The lowest BCUT2D eigenvalue weighted by Gasteiger charge is -2.07. The van der Waals surface area contributed by atoms with E-state index in [1.807, 2.05) is 34.9 Å². The van der Waals surface area contributed by atoms with Crippen LogP contribution in [-0.2, 0) is 18.1 Å². The summed E-state index contributed by atoms with van der Waals surface area (Å²) in [5, 5.41) is 0. The van der Waals surface area contributed by atoms with Gasteiger partial charge in [0.2, 0.25) is 0 Å². The van der Waals surface area contributed by atoms with Gasteiger partial charge in [0.1, 0.15) is 15.9 Å². The molecule has 0 aliphatic heterocycles. The SMILES string of the molecule is Brc1nc(Br)n(COCc2ccccc2)c1Br. The Morgan fingerprint density at radius 2 is 1.82 bits per heavy atom. The summed E-state index contributed by atoms with van der Waals surface area (Å²) in [6.07, 6.45) is 0. The second-order valence-electron chi connectivity index (χ2n) is 3.35. The predicted octanol–water partition coefficient (Wildman–Crippen LogP) is 4.34. The van der Waals surface area contributed by atoms with Crippen LogP contribution in [0.4, 0.5) is 0 Å². The number of nitrogens with zero attached hydrogens (tertiary/aromatic N) is 2. The summed E-state index contributed by atoms with van der Waals surface area (Å²) in [5.74, 6) is 0. The van der Waals surface area contributed by atoms with E-state index in [2.05, 4.69) is 52.8 Å². The molecule has 90 valence electrons. The minimum Gasteiger partial charge on any atom is -0.356 e. The van der Waals surface area contributed by atoms with Crippen LogP contribution >= 0.6 is 47.8 Å². The van der Waals surface area contributed by atoms with E-state index in [-0.39, 0.29) is 0 Å². The summed E-state index contributed by atoms with van der Waals surface area (Å²) in [7, 11) is 0. The molecule has 0 aliphatic rings. The van der Waals surface area contributed by atoms with Crippen molar-refractivity contribution < 1.29 is 4.74 Å². The standard InChI is InChI=1S/C11H9Br3N2O/c12-9-10(13)16(11(14)15-9)7-17-6-8-4-2-1-3-5-8/h1-5H,6-7H2. The van der Waals surface area contributed by atoms with Crippen LogP contribution in [0.15, 0.2) is 44.3 Å². The summed E-state index contributed by atoms with van der Waals surface area (Å²) < 4.78 is 9.85. The summed E-state index contributed by atoms with van der Waals surface area (Å²) >= 11 is 10.1. The minimum absolute atomic E-state index is 0.439. The van der Waals surface area contributed by atoms with Crippen LogP contribution < -0.4 is 0 Å². The summed E-state index contributed by atoms with van der Waals surface area (Å²) in [4.78, 5) is 4.21. The van der Waals surface area contributed by atoms with Gasteiger partial charge in [-0.1, -0.05) is 30.3 Å². The third-order valence-electron chi connectivity index (χ3n) is 2.15. The number of halogens is 3. The van der Waals surface area contributed by atoms with E-state index in [0.29, 0.717) is 13.3 Å². The lowest BCUT2D eigenvalue weighted by molar-refractivity contribution is 0.0612. The molecule has 1 aromatic carbocycles. The molecule has 0 amide bonds. The molecular formula is C11H9Br3N2O. The Morgan fingerprint density at radius 3 is 2.41 bits per heavy atom. The van der Waals surface area contributed by atoms with Crippen LogP contribution in [-0.4, -0.2) is 9.55 Å². The van der Waals surface area contributed by atoms with E-state index >= 15 is 0 Å². The summed E-state index contributed by atoms with van der Waals surface area (Å²) in [6.45, 7) is 1.02. The number of aromatic nitrogens is 2. The van der Waals surface area contributed by atoms with E-state index in [9.17, 15) is 0 Å². The van der Waals surface area contributed by atoms with E-state index in [0.717, 1.165) is 19.5 Å². The average molecular weight is 425 g/mol. The Morgan fingerprint density at radius 1 is 1.12 bits per heavy atom. The van der Waals surface area contributed by atoms with Crippen molar-refractivity contribution >= 4 is 47.8 Å². The van der Waals surface area contributed by atoms with Crippen molar-refractivity contribution in [2.45, 2.75) is 13.3 Å². The van der Waals surface area contributed by atoms with E-state index < -0.39 is 0 Å². The van der Waals surface area contributed by atoms with Crippen molar-refractivity contribution in [1.82, 2.24) is 9.55 Å². The highest BCUT2D eigenvalue weighted by Crippen LogP contribution is 2.26. The van der Waals surface area contributed by atoms with Crippen molar-refractivity contribution in [2.75, 3.05) is 0 Å². The van der Waals surface area contributed by atoms with E-state index in [1.165, 1.54) is 0 Å². The predicted molar refractivity (Wildman–Crippen MR) is 76.6 cm³/mol.